The van der Waals surface area contributed by atoms with Crippen molar-refractivity contribution in [3.05, 3.63) is 35.4 Å². The summed E-state index contributed by atoms with van der Waals surface area (Å²) in [6.45, 7) is 10.2. The van der Waals surface area contributed by atoms with E-state index in [9.17, 15) is 0 Å². The summed E-state index contributed by atoms with van der Waals surface area (Å²) in [6, 6.07) is 7.26. The summed E-state index contributed by atoms with van der Waals surface area (Å²) in [5.74, 6) is 0.819. The van der Waals surface area contributed by atoms with E-state index in [1.807, 2.05) is 0 Å². The molecule has 24 heavy (non-hydrogen) atoms. The van der Waals surface area contributed by atoms with Crippen molar-refractivity contribution in [2.75, 3.05) is 26.2 Å². The van der Waals surface area contributed by atoms with Gasteiger partial charge in [-0.3, -0.25) is 9.80 Å². The van der Waals surface area contributed by atoms with Crippen LogP contribution >= 0.6 is 11.7 Å². The largest absolute Gasteiger partial charge is 0.297 e. The molecular formula is C19H26N4S. The van der Waals surface area contributed by atoms with Gasteiger partial charge in [0.15, 0.2) is 0 Å². The molecule has 2 atom stereocenters. The Morgan fingerprint density at radius 3 is 2.92 bits per heavy atom. The number of allylic oxidation sites excluding steroid dienone is 1. The van der Waals surface area contributed by atoms with E-state index < -0.39 is 0 Å². The first kappa shape index (κ1) is 16.2. The van der Waals surface area contributed by atoms with Crippen molar-refractivity contribution in [1.82, 2.24) is 18.5 Å². The quantitative estimate of drug-likeness (QED) is 0.796. The molecule has 4 nitrogen and oxygen atoms in total. The van der Waals surface area contributed by atoms with E-state index in [0.29, 0.717) is 6.04 Å². The van der Waals surface area contributed by atoms with Crippen molar-refractivity contribution in [2.45, 2.75) is 39.3 Å². The van der Waals surface area contributed by atoms with E-state index in [2.05, 4.69) is 56.7 Å². The molecule has 1 aromatic heterocycles. The fourth-order valence-electron chi connectivity index (χ4n) is 4.11. The Labute approximate surface area is 148 Å². The molecule has 3 saturated heterocycles. The highest BCUT2D eigenvalue weighted by Crippen LogP contribution is 2.29. The zero-order chi connectivity index (χ0) is 16.5. The smallest absolute Gasteiger partial charge is 0.105 e. The van der Waals surface area contributed by atoms with E-state index in [-0.39, 0.29) is 0 Å². The molecule has 0 spiro atoms. The molecule has 3 aliphatic rings. The molecule has 5 heteroatoms. The Kier molecular flexibility index (Phi) is 4.66. The maximum Gasteiger partial charge on any atom is 0.105 e. The minimum Gasteiger partial charge on any atom is -0.297 e. The molecule has 2 aromatic rings. The van der Waals surface area contributed by atoms with Crippen LogP contribution in [-0.4, -0.2) is 50.8 Å². The average Bonchev–Trinajstić information content (AvgIpc) is 2.85. The van der Waals surface area contributed by atoms with Crippen LogP contribution in [0.25, 0.3) is 11.0 Å². The zero-order valence-electron chi connectivity index (χ0n) is 14.6. The summed E-state index contributed by atoms with van der Waals surface area (Å²) in [5.41, 5.74) is 4.86. The van der Waals surface area contributed by atoms with Gasteiger partial charge in [0.1, 0.15) is 11.0 Å². The molecule has 4 heterocycles. The Hall–Kier alpha value is -1.30. The van der Waals surface area contributed by atoms with Crippen LogP contribution in [0.1, 0.15) is 32.3 Å². The Morgan fingerprint density at radius 1 is 1.17 bits per heavy atom. The molecule has 0 amide bonds. The number of fused-ring (bicyclic) bond motifs is 5. The lowest BCUT2D eigenvalue weighted by molar-refractivity contribution is 0.146. The normalized spacial score (nSPS) is 25.1. The van der Waals surface area contributed by atoms with Gasteiger partial charge in [0.05, 0.1) is 11.7 Å². The van der Waals surface area contributed by atoms with Gasteiger partial charge in [0, 0.05) is 38.8 Å². The van der Waals surface area contributed by atoms with Crippen molar-refractivity contribution in [2.24, 2.45) is 5.92 Å². The third-order valence-corrected chi connectivity index (χ3v) is 5.92. The molecule has 0 aliphatic carbocycles. The van der Waals surface area contributed by atoms with Crippen LogP contribution in [0.3, 0.4) is 0 Å². The van der Waals surface area contributed by atoms with Gasteiger partial charge in [0.25, 0.3) is 0 Å². The van der Waals surface area contributed by atoms with Crippen molar-refractivity contribution in [1.29, 1.82) is 0 Å². The number of nitrogens with zero attached hydrogens (tertiary/aromatic N) is 4. The predicted octanol–water partition coefficient (Wildman–Crippen LogP) is 3.55. The molecule has 128 valence electrons. The van der Waals surface area contributed by atoms with E-state index >= 15 is 0 Å². The van der Waals surface area contributed by atoms with Crippen LogP contribution in [0.2, 0.25) is 0 Å². The van der Waals surface area contributed by atoms with Gasteiger partial charge in [0.2, 0.25) is 0 Å². The fraction of sp³-hybridized carbons (Fsp3) is 0.579. The molecule has 2 bridgehead atoms. The van der Waals surface area contributed by atoms with Crippen LogP contribution in [0, 0.1) is 5.92 Å². The molecular weight excluding hydrogens is 316 g/mol. The Balaban J connectivity index is 1.46. The van der Waals surface area contributed by atoms with Crippen LogP contribution in [-0.2, 0) is 6.54 Å². The van der Waals surface area contributed by atoms with Crippen LogP contribution < -0.4 is 0 Å². The van der Waals surface area contributed by atoms with Gasteiger partial charge in [-0.1, -0.05) is 17.7 Å². The summed E-state index contributed by atoms with van der Waals surface area (Å²) in [6.07, 6.45) is 5.13. The SMILES string of the molecule is CC(C)=CCN1C[C@H]2CC[C@@H]1CN(Cc1ccc3nsnc3c1)C2. The Morgan fingerprint density at radius 2 is 2.04 bits per heavy atom. The van der Waals surface area contributed by atoms with Crippen LogP contribution in [0.5, 0.6) is 0 Å². The van der Waals surface area contributed by atoms with Gasteiger partial charge >= 0.3 is 0 Å². The topological polar surface area (TPSA) is 32.3 Å². The maximum absolute atomic E-state index is 4.38. The molecule has 0 saturated carbocycles. The number of piperidine rings is 1. The van der Waals surface area contributed by atoms with Crippen molar-refractivity contribution in [3.8, 4) is 0 Å². The van der Waals surface area contributed by atoms with Gasteiger partial charge in [-0.15, -0.1) is 0 Å². The van der Waals surface area contributed by atoms with E-state index in [0.717, 1.165) is 30.0 Å². The highest BCUT2D eigenvalue weighted by atomic mass is 32.1. The first-order chi connectivity index (χ1) is 11.7. The lowest BCUT2D eigenvalue weighted by Gasteiger charge is -2.35. The molecule has 0 unspecified atom stereocenters. The average molecular weight is 343 g/mol. The summed E-state index contributed by atoms with van der Waals surface area (Å²) >= 11 is 1.30. The summed E-state index contributed by atoms with van der Waals surface area (Å²) in [5, 5.41) is 0. The summed E-state index contributed by atoms with van der Waals surface area (Å²) in [4.78, 5) is 5.36. The van der Waals surface area contributed by atoms with Crippen LogP contribution in [0.4, 0.5) is 0 Å². The number of benzene rings is 1. The number of aromatic nitrogens is 2. The molecule has 0 N–H and O–H groups in total. The molecule has 0 radical (unpaired) electrons. The second-order valence-electron chi connectivity index (χ2n) is 7.61. The van der Waals surface area contributed by atoms with Gasteiger partial charge in [-0.05, 0) is 50.3 Å². The molecule has 3 aliphatic heterocycles. The van der Waals surface area contributed by atoms with E-state index in [4.69, 9.17) is 0 Å². The molecule has 5 rings (SSSR count). The highest BCUT2D eigenvalue weighted by molar-refractivity contribution is 7.00. The zero-order valence-corrected chi connectivity index (χ0v) is 15.4. The van der Waals surface area contributed by atoms with Crippen LogP contribution in [0.15, 0.2) is 29.8 Å². The van der Waals surface area contributed by atoms with Crippen molar-refractivity contribution >= 4 is 22.8 Å². The van der Waals surface area contributed by atoms with Gasteiger partial charge < -0.3 is 0 Å². The van der Waals surface area contributed by atoms with E-state index in [1.54, 1.807) is 0 Å². The van der Waals surface area contributed by atoms with E-state index in [1.165, 1.54) is 55.3 Å². The molecule has 1 aromatic carbocycles. The summed E-state index contributed by atoms with van der Waals surface area (Å²) in [7, 11) is 0. The number of hydrogen-bond acceptors (Lipinski definition) is 5. The lowest BCUT2D eigenvalue weighted by atomic mass is 9.95. The second kappa shape index (κ2) is 6.90. The third kappa shape index (κ3) is 3.53. The van der Waals surface area contributed by atoms with Crippen molar-refractivity contribution < 1.29 is 0 Å². The van der Waals surface area contributed by atoms with Gasteiger partial charge in [-0.2, -0.15) is 8.75 Å². The first-order valence-electron chi connectivity index (χ1n) is 8.98. The monoisotopic (exact) mass is 342 g/mol. The van der Waals surface area contributed by atoms with Gasteiger partial charge in [-0.25, -0.2) is 0 Å². The number of hydrogen-bond donors (Lipinski definition) is 0. The van der Waals surface area contributed by atoms with Crippen molar-refractivity contribution in [3.63, 3.8) is 0 Å². The second-order valence-corrected chi connectivity index (χ2v) is 8.14. The fourth-order valence-corrected chi connectivity index (χ4v) is 4.63. The standard InChI is InChI=1S/C19H26N4S/c1-14(2)7-8-23-12-16-3-5-17(23)13-22(11-16)10-15-4-6-18-19(9-15)21-24-20-18/h4,6-7,9,16-17H,3,5,8,10-13H2,1-2H3/t16-,17+/m0/s1. The number of rotatable bonds is 4. The third-order valence-electron chi connectivity index (χ3n) is 5.36. The Bertz CT molecular complexity index is 734. The first-order valence-corrected chi connectivity index (χ1v) is 9.71. The maximum atomic E-state index is 4.38. The minimum absolute atomic E-state index is 0.712. The predicted molar refractivity (Wildman–Crippen MR) is 100 cm³/mol. The lowest BCUT2D eigenvalue weighted by Crippen LogP contribution is -2.43. The highest BCUT2D eigenvalue weighted by Gasteiger charge is 2.34. The summed E-state index contributed by atoms with van der Waals surface area (Å²) < 4.78 is 8.69. The molecule has 3 fully saturated rings. The minimum atomic E-state index is 0.712.